The Morgan fingerprint density at radius 1 is 0.889 bits per heavy atom. The molecule has 0 unspecified atom stereocenters. The number of amides is 1. The van der Waals surface area contributed by atoms with Crippen molar-refractivity contribution in [3.63, 3.8) is 0 Å². The molecule has 2 aromatic rings. The van der Waals surface area contributed by atoms with Gasteiger partial charge in [-0.05, 0) is 74.0 Å². The van der Waals surface area contributed by atoms with E-state index in [1.165, 1.54) is 38.5 Å². The molecule has 4 fully saturated rings. The highest BCUT2D eigenvalue weighted by Crippen LogP contribution is 2.55. The Balaban J connectivity index is 1.32. The molecule has 0 radical (unpaired) electrons. The van der Waals surface area contributed by atoms with Crippen LogP contribution < -0.4 is 10.1 Å². The molecule has 6 rings (SSSR count). The van der Waals surface area contributed by atoms with E-state index in [0.717, 1.165) is 23.3 Å². The van der Waals surface area contributed by atoms with Crippen LogP contribution in [0, 0.1) is 17.8 Å². The maximum absolute atomic E-state index is 13.2. The van der Waals surface area contributed by atoms with E-state index in [2.05, 4.69) is 5.32 Å². The van der Waals surface area contributed by atoms with Crippen LogP contribution in [-0.2, 0) is 6.61 Å². The summed E-state index contributed by atoms with van der Waals surface area (Å²) in [5.74, 6) is 3.16. The summed E-state index contributed by atoms with van der Waals surface area (Å²) in [6.07, 6.45) is 7.64. The highest BCUT2D eigenvalue weighted by atomic mass is 16.5. The van der Waals surface area contributed by atoms with Crippen molar-refractivity contribution in [3.05, 3.63) is 65.7 Å². The van der Waals surface area contributed by atoms with Crippen LogP contribution in [-0.4, -0.2) is 11.4 Å². The molecule has 1 N–H and O–H groups in total. The third-order valence-corrected chi connectivity index (χ3v) is 6.79. The first-order chi connectivity index (χ1) is 13.2. The van der Waals surface area contributed by atoms with E-state index in [0.29, 0.717) is 17.9 Å². The lowest BCUT2D eigenvalue weighted by molar-refractivity contribution is -0.0167. The number of nitrogens with one attached hydrogen (secondary N) is 1. The largest absolute Gasteiger partial charge is 0.488 e. The summed E-state index contributed by atoms with van der Waals surface area (Å²) in [7, 11) is 0. The molecule has 2 aromatic carbocycles. The van der Waals surface area contributed by atoms with Crippen molar-refractivity contribution in [2.45, 2.75) is 50.7 Å². The molecule has 4 saturated carbocycles. The van der Waals surface area contributed by atoms with Crippen molar-refractivity contribution in [1.29, 1.82) is 0 Å². The third-order valence-electron chi connectivity index (χ3n) is 6.79. The fraction of sp³-hybridized carbons (Fsp3) is 0.458. The summed E-state index contributed by atoms with van der Waals surface area (Å²) in [6.45, 7) is 0.475. The molecule has 0 spiro atoms. The van der Waals surface area contributed by atoms with Gasteiger partial charge in [0.15, 0.2) is 0 Å². The van der Waals surface area contributed by atoms with E-state index in [-0.39, 0.29) is 11.4 Å². The predicted molar refractivity (Wildman–Crippen MR) is 106 cm³/mol. The zero-order chi connectivity index (χ0) is 18.3. The molecule has 140 valence electrons. The smallest absolute Gasteiger partial charge is 0.255 e. The number of carbonyl (C=O) groups is 1. The van der Waals surface area contributed by atoms with Crippen molar-refractivity contribution >= 4 is 5.91 Å². The number of benzene rings is 2. The minimum atomic E-state index is 0.0262. The highest BCUT2D eigenvalue weighted by Gasteiger charge is 2.51. The Hall–Kier alpha value is -2.29. The van der Waals surface area contributed by atoms with Crippen molar-refractivity contribution in [2.24, 2.45) is 17.8 Å². The molecule has 0 aliphatic heterocycles. The van der Waals surface area contributed by atoms with Crippen LogP contribution in [0.3, 0.4) is 0 Å². The van der Waals surface area contributed by atoms with Crippen molar-refractivity contribution in [3.8, 4) is 5.75 Å². The van der Waals surface area contributed by atoms with Crippen LogP contribution in [0.15, 0.2) is 54.6 Å². The van der Waals surface area contributed by atoms with Gasteiger partial charge in [-0.2, -0.15) is 0 Å². The fourth-order valence-electron chi connectivity index (χ4n) is 6.09. The topological polar surface area (TPSA) is 38.3 Å². The van der Waals surface area contributed by atoms with Gasteiger partial charge in [0.2, 0.25) is 0 Å². The zero-order valence-corrected chi connectivity index (χ0v) is 15.7. The summed E-state index contributed by atoms with van der Waals surface area (Å²) >= 11 is 0. The van der Waals surface area contributed by atoms with Gasteiger partial charge in [-0.15, -0.1) is 0 Å². The van der Waals surface area contributed by atoms with Crippen LogP contribution in [0.5, 0.6) is 5.75 Å². The van der Waals surface area contributed by atoms with Gasteiger partial charge in [0, 0.05) is 5.54 Å². The number of para-hydroxylation sites is 1. The van der Waals surface area contributed by atoms with Gasteiger partial charge in [0.1, 0.15) is 12.4 Å². The van der Waals surface area contributed by atoms with Crippen molar-refractivity contribution in [1.82, 2.24) is 5.32 Å². The lowest BCUT2D eigenvalue weighted by Gasteiger charge is -2.56. The first-order valence-corrected chi connectivity index (χ1v) is 10.3. The van der Waals surface area contributed by atoms with Gasteiger partial charge < -0.3 is 10.1 Å². The molecular formula is C24H27NO2. The summed E-state index contributed by atoms with van der Waals surface area (Å²) in [6, 6.07) is 17.7. The summed E-state index contributed by atoms with van der Waals surface area (Å²) in [5, 5.41) is 3.46. The predicted octanol–water partition coefficient (Wildman–Crippen LogP) is 4.96. The number of carbonyl (C=O) groups excluding carboxylic acids is 1. The van der Waals surface area contributed by atoms with E-state index in [1.807, 2.05) is 54.6 Å². The molecule has 4 aliphatic rings. The van der Waals surface area contributed by atoms with Crippen LogP contribution in [0.4, 0.5) is 0 Å². The van der Waals surface area contributed by atoms with Gasteiger partial charge in [0.25, 0.3) is 5.91 Å². The Kier molecular flexibility index (Phi) is 4.18. The number of rotatable bonds is 5. The molecule has 27 heavy (non-hydrogen) atoms. The van der Waals surface area contributed by atoms with Gasteiger partial charge in [0.05, 0.1) is 5.56 Å². The van der Waals surface area contributed by atoms with Crippen LogP contribution in [0.25, 0.3) is 0 Å². The molecule has 1 amide bonds. The SMILES string of the molecule is O=C(NC12CC3CC(CC(C3)C1)C2)c1ccccc1OCc1ccccc1. The maximum Gasteiger partial charge on any atom is 0.255 e. The Morgan fingerprint density at radius 2 is 1.48 bits per heavy atom. The van der Waals surface area contributed by atoms with E-state index in [9.17, 15) is 4.79 Å². The molecule has 4 aliphatic carbocycles. The molecule has 0 aromatic heterocycles. The second-order valence-electron chi connectivity index (χ2n) is 8.92. The molecule has 3 nitrogen and oxygen atoms in total. The number of hydrogen-bond donors (Lipinski definition) is 1. The summed E-state index contributed by atoms with van der Waals surface area (Å²) < 4.78 is 6.00. The molecule has 3 heteroatoms. The van der Waals surface area contributed by atoms with Crippen molar-refractivity contribution in [2.75, 3.05) is 0 Å². The van der Waals surface area contributed by atoms with Crippen LogP contribution >= 0.6 is 0 Å². The van der Waals surface area contributed by atoms with Crippen molar-refractivity contribution < 1.29 is 9.53 Å². The molecular weight excluding hydrogens is 334 g/mol. The van der Waals surface area contributed by atoms with Gasteiger partial charge >= 0.3 is 0 Å². The van der Waals surface area contributed by atoms with Gasteiger partial charge in [-0.25, -0.2) is 0 Å². The van der Waals surface area contributed by atoms with E-state index in [4.69, 9.17) is 4.74 Å². The summed E-state index contributed by atoms with van der Waals surface area (Å²) in [4.78, 5) is 13.2. The molecule has 0 saturated heterocycles. The first kappa shape index (κ1) is 16.9. The molecule has 0 heterocycles. The molecule has 0 atom stereocenters. The second kappa shape index (κ2) is 6.70. The number of ether oxygens (including phenoxy) is 1. The minimum Gasteiger partial charge on any atom is -0.488 e. The van der Waals surface area contributed by atoms with E-state index in [1.54, 1.807) is 0 Å². The molecule has 4 bridgehead atoms. The minimum absolute atomic E-state index is 0.0262. The fourth-order valence-corrected chi connectivity index (χ4v) is 6.09. The normalized spacial score (nSPS) is 30.9. The first-order valence-electron chi connectivity index (χ1n) is 10.3. The Morgan fingerprint density at radius 3 is 2.15 bits per heavy atom. The average molecular weight is 361 g/mol. The van der Waals surface area contributed by atoms with Gasteiger partial charge in [-0.1, -0.05) is 42.5 Å². The Bertz CT molecular complexity index is 794. The quantitative estimate of drug-likeness (QED) is 0.817. The lowest BCUT2D eigenvalue weighted by Crippen LogP contribution is -2.59. The van der Waals surface area contributed by atoms with E-state index >= 15 is 0 Å². The standard InChI is InChI=1S/C24H27NO2/c26-23(25-24-13-18-10-19(14-24)12-20(11-18)15-24)21-8-4-5-9-22(21)27-16-17-6-2-1-3-7-17/h1-9,18-20H,10-16H2,(H,25,26). The third kappa shape index (κ3) is 3.36. The Labute approximate surface area is 161 Å². The summed E-state index contributed by atoms with van der Waals surface area (Å²) in [5.41, 5.74) is 1.79. The average Bonchev–Trinajstić information content (AvgIpc) is 2.66. The second-order valence-corrected chi connectivity index (χ2v) is 8.92. The lowest BCUT2D eigenvalue weighted by atomic mass is 9.53. The van der Waals surface area contributed by atoms with Crippen LogP contribution in [0.1, 0.15) is 54.4 Å². The highest BCUT2D eigenvalue weighted by molar-refractivity contribution is 5.97. The van der Waals surface area contributed by atoms with Crippen LogP contribution in [0.2, 0.25) is 0 Å². The monoisotopic (exact) mass is 361 g/mol. The van der Waals surface area contributed by atoms with Gasteiger partial charge in [-0.3, -0.25) is 4.79 Å². The van der Waals surface area contributed by atoms with E-state index < -0.39 is 0 Å². The number of hydrogen-bond acceptors (Lipinski definition) is 2. The zero-order valence-electron chi connectivity index (χ0n) is 15.7. The maximum atomic E-state index is 13.2.